The quantitative estimate of drug-likeness (QED) is 0.858. The Bertz CT molecular complexity index is 580. The van der Waals surface area contributed by atoms with Gasteiger partial charge in [0, 0.05) is 17.5 Å². The summed E-state index contributed by atoms with van der Waals surface area (Å²) in [6.45, 7) is 2.67. The summed E-state index contributed by atoms with van der Waals surface area (Å²) in [7, 11) is 0. The first kappa shape index (κ1) is 14.7. The molecule has 1 aromatic carbocycles. The number of nitrogens with zero attached hydrogens (tertiary/aromatic N) is 1. The van der Waals surface area contributed by atoms with Gasteiger partial charge in [0.25, 0.3) is 0 Å². The molecule has 3 N–H and O–H groups in total. The number of anilines is 1. The zero-order chi connectivity index (χ0) is 14.4. The van der Waals surface area contributed by atoms with Gasteiger partial charge in [-0.3, -0.25) is 4.79 Å². The molecule has 1 heterocycles. The first-order chi connectivity index (χ1) is 9.67. The van der Waals surface area contributed by atoms with Crippen LogP contribution in [0.1, 0.15) is 22.7 Å². The van der Waals surface area contributed by atoms with E-state index in [4.69, 9.17) is 5.73 Å². The zero-order valence-electron chi connectivity index (χ0n) is 11.6. The summed E-state index contributed by atoms with van der Waals surface area (Å²) >= 11 is 1.59. The summed E-state index contributed by atoms with van der Waals surface area (Å²) in [4.78, 5) is 16.4. The van der Waals surface area contributed by atoms with E-state index in [0.717, 1.165) is 34.8 Å². The average Bonchev–Trinajstić information content (AvgIpc) is 2.83. The first-order valence-corrected chi connectivity index (χ1v) is 7.55. The third-order valence-electron chi connectivity index (χ3n) is 2.84. The van der Waals surface area contributed by atoms with Crippen LogP contribution in [0.4, 0.5) is 5.69 Å². The molecule has 0 saturated carbocycles. The van der Waals surface area contributed by atoms with Crippen LogP contribution in [0.2, 0.25) is 0 Å². The van der Waals surface area contributed by atoms with Crippen molar-refractivity contribution in [2.24, 2.45) is 5.73 Å². The number of carbonyl (C=O) groups is 1. The first-order valence-electron chi connectivity index (χ1n) is 6.67. The minimum atomic E-state index is -0.0359. The Hall–Kier alpha value is -1.72. The fraction of sp³-hybridized carbons (Fsp3) is 0.333. The predicted molar refractivity (Wildman–Crippen MR) is 83.0 cm³/mol. The number of nitrogens with two attached hydrogens (primary N) is 1. The van der Waals surface area contributed by atoms with Gasteiger partial charge in [-0.05, 0) is 37.6 Å². The lowest BCUT2D eigenvalue weighted by molar-refractivity contribution is -0.115. The summed E-state index contributed by atoms with van der Waals surface area (Å²) in [6, 6.07) is 7.77. The maximum atomic E-state index is 11.9. The predicted octanol–water partition coefficient (Wildman–Crippen LogP) is 2.52. The van der Waals surface area contributed by atoms with Gasteiger partial charge in [0.15, 0.2) is 0 Å². The van der Waals surface area contributed by atoms with Crippen molar-refractivity contribution in [1.29, 1.82) is 0 Å². The second-order valence-electron chi connectivity index (χ2n) is 4.72. The van der Waals surface area contributed by atoms with Crippen LogP contribution in [0.25, 0.3) is 0 Å². The number of carbonyl (C=O) groups excluding carboxylic acids is 1. The second-order valence-corrected chi connectivity index (χ2v) is 5.66. The molecule has 2 aromatic rings. The van der Waals surface area contributed by atoms with Gasteiger partial charge in [-0.1, -0.05) is 12.1 Å². The highest BCUT2D eigenvalue weighted by Crippen LogP contribution is 2.14. The van der Waals surface area contributed by atoms with Gasteiger partial charge in [-0.2, -0.15) is 0 Å². The van der Waals surface area contributed by atoms with Gasteiger partial charge in [0.2, 0.25) is 5.91 Å². The Kier molecular flexibility index (Phi) is 5.26. The Morgan fingerprint density at radius 2 is 2.30 bits per heavy atom. The van der Waals surface area contributed by atoms with Crippen LogP contribution in [-0.4, -0.2) is 17.4 Å². The minimum Gasteiger partial charge on any atom is -0.330 e. The van der Waals surface area contributed by atoms with Gasteiger partial charge in [-0.25, -0.2) is 4.98 Å². The van der Waals surface area contributed by atoms with E-state index in [1.165, 1.54) is 0 Å². The van der Waals surface area contributed by atoms with Crippen LogP contribution in [0.15, 0.2) is 29.6 Å². The molecule has 0 saturated heterocycles. The van der Waals surface area contributed by atoms with E-state index in [1.807, 2.05) is 36.6 Å². The lowest BCUT2D eigenvalue weighted by Gasteiger charge is -2.04. The summed E-state index contributed by atoms with van der Waals surface area (Å²) in [5, 5.41) is 5.89. The highest BCUT2D eigenvalue weighted by molar-refractivity contribution is 7.09. The number of amides is 1. The Balaban J connectivity index is 1.89. The van der Waals surface area contributed by atoms with E-state index >= 15 is 0 Å². The van der Waals surface area contributed by atoms with Crippen LogP contribution in [0.3, 0.4) is 0 Å². The minimum absolute atomic E-state index is 0.0359. The number of thiazole rings is 1. The molecular formula is C15H19N3OS. The Labute approximate surface area is 123 Å². The van der Waals surface area contributed by atoms with E-state index in [1.54, 1.807) is 11.3 Å². The molecular weight excluding hydrogens is 270 g/mol. The van der Waals surface area contributed by atoms with Crippen molar-refractivity contribution < 1.29 is 4.79 Å². The van der Waals surface area contributed by atoms with Crippen molar-refractivity contribution in [1.82, 2.24) is 4.98 Å². The van der Waals surface area contributed by atoms with Gasteiger partial charge < -0.3 is 11.1 Å². The normalized spacial score (nSPS) is 10.5. The molecule has 0 aliphatic rings. The maximum Gasteiger partial charge on any atom is 0.230 e. The van der Waals surface area contributed by atoms with Crippen LogP contribution >= 0.6 is 11.3 Å². The van der Waals surface area contributed by atoms with Crippen LogP contribution in [-0.2, 0) is 17.6 Å². The van der Waals surface area contributed by atoms with Crippen molar-refractivity contribution in [2.45, 2.75) is 26.2 Å². The van der Waals surface area contributed by atoms with Gasteiger partial charge in [0.05, 0.1) is 17.1 Å². The number of nitrogens with one attached hydrogen (secondary N) is 1. The lowest BCUT2D eigenvalue weighted by atomic mass is 10.2. The largest absolute Gasteiger partial charge is 0.330 e. The lowest BCUT2D eigenvalue weighted by Crippen LogP contribution is -2.14. The average molecular weight is 289 g/mol. The molecule has 0 fully saturated rings. The maximum absolute atomic E-state index is 11.9. The third kappa shape index (κ3) is 4.43. The van der Waals surface area contributed by atoms with Crippen molar-refractivity contribution >= 4 is 22.9 Å². The highest BCUT2D eigenvalue weighted by Gasteiger charge is 2.08. The third-order valence-corrected chi connectivity index (χ3v) is 3.79. The SMILES string of the molecule is Cc1cccc(NC(=O)Cc2csc(CCCN)n2)c1. The Morgan fingerprint density at radius 3 is 3.05 bits per heavy atom. The van der Waals surface area contributed by atoms with Crippen LogP contribution < -0.4 is 11.1 Å². The van der Waals surface area contributed by atoms with Crippen molar-refractivity contribution in [3.05, 3.63) is 45.9 Å². The molecule has 0 bridgehead atoms. The van der Waals surface area contributed by atoms with Crippen molar-refractivity contribution in [2.75, 3.05) is 11.9 Å². The van der Waals surface area contributed by atoms with Gasteiger partial charge >= 0.3 is 0 Å². The van der Waals surface area contributed by atoms with E-state index in [9.17, 15) is 4.79 Å². The highest BCUT2D eigenvalue weighted by atomic mass is 32.1. The smallest absolute Gasteiger partial charge is 0.230 e. The molecule has 0 aliphatic carbocycles. The summed E-state index contributed by atoms with van der Waals surface area (Å²) < 4.78 is 0. The molecule has 0 radical (unpaired) electrons. The van der Waals surface area contributed by atoms with Gasteiger partial charge in [-0.15, -0.1) is 11.3 Å². The fourth-order valence-electron chi connectivity index (χ4n) is 1.89. The van der Waals surface area contributed by atoms with E-state index in [2.05, 4.69) is 10.3 Å². The molecule has 0 spiro atoms. The molecule has 1 aromatic heterocycles. The van der Waals surface area contributed by atoms with E-state index in [-0.39, 0.29) is 5.91 Å². The van der Waals surface area contributed by atoms with Gasteiger partial charge in [0.1, 0.15) is 0 Å². The van der Waals surface area contributed by atoms with E-state index < -0.39 is 0 Å². The molecule has 0 unspecified atom stereocenters. The van der Waals surface area contributed by atoms with Crippen molar-refractivity contribution in [3.8, 4) is 0 Å². The second kappa shape index (κ2) is 7.17. The number of aryl methyl sites for hydroxylation is 2. The molecule has 0 atom stereocenters. The molecule has 1 amide bonds. The number of hydrogen-bond acceptors (Lipinski definition) is 4. The van der Waals surface area contributed by atoms with Crippen molar-refractivity contribution in [3.63, 3.8) is 0 Å². The zero-order valence-corrected chi connectivity index (χ0v) is 12.4. The number of hydrogen-bond donors (Lipinski definition) is 2. The number of rotatable bonds is 6. The fourth-order valence-corrected chi connectivity index (χ4v) is 2.73. The molecule has 2 rings (SSSR count). The standard InChI is InChI=1S/C15H19N3OS/c1-11-4-2-5-12(8-11)17-14(19)9-13-10-20-15(18-13)6-3-7-16/h2,4-5,8,10H,3,6-7,9,16H2,1H3,(H,17,19). The van der Waals surface area contributed by atoms with Crippen LogP contribution in [0.5, 0.6) is 0 Å². The summed E-state index contributed by atoms with van der Waals surface area (Å²) in [6.07, 6.45) is 2.14. The molecule has 20 heavy (non-hydrogen) atoms. The summed E-state index contributed by atoms with van der Waals surface area (Å²) in [5.74, 6) is -0.0359. The molecule has 0 aliphatic heterocycles. The monoisotopic (exact) mass is 289 g/mol. The number of benzene rings is 1. The molecule has 4 nitrogen and oxygen atoms in total. The summed E-state index contributed by atoms with van der Waals surface area (Å²) in [5.41, 5.74) is 8.25. The van der Waals surface area contributed by atoms with Crippen LogP contribution in [0, 0.1) is 6.92 Å². The molecule has 5 heteroatoms. The topological polar surface area (TPSA) is 68.0 Å². The Morgan fingerprint density at radius 1 is 1.45 bits per heavy atom. The molecule has 106 valence electrons. The van der Waals surface area contributed by atoms with E-state index in [0.29, 0.717) is 13.0 Å². The number of aromatic nitrogens is 1.